The number of hydrogen-bond acceptors (Lipinski definition) is 7. The summed E-state index contributed by atoms with van der Waals surface area (Å²) in [6.45, 7) is 12.5. The third-order valence-corrected chi connectivity index (χ3v) is 12.4. The summed E-state index contributed by atoms with van der Waals surface area (Å²) in [5, 5.41) is 33.2. The van der Waals surface area contributed by atoms with E-state index in [2.05, 4.69) is 38.0 Å². The number of aliphatic hydroxyl groups is 3. The summed E-state index contributed by atoms with van der Waals surface area (Å²) in [4.78, 5) is 17.7. The Labute approximate surface area is 256 Å². The summed E-state index contributed by atoms with van der Waals surface area (Å²) in [7, 11) is 0. The second-order valence-corrected chi connectivity index (χ2v) is 15.0. The molecular formula is C35H51NO5S. The zero-order valence-electron chi connectivity index (χ0n) is 26.0. The van der Waals surface area contributed by atoms with Gasteiger partial charge in [0.2, 0.25) is 0 Å². The monoisotopic (exact) mass is 597 g/mol. The highest BCUT2D eigenvalue weighted by Crippen LogP contribution is 2.60. The third-order valence-electron chi connectivity index (χ3n) is 11.3. The van der Waals surface area contributed by atoms with Crippen molar-refractivity contribution in [3.63, 3.8) is 0 Å². The lowest BCUT2D eigenvalue weighted by Crippen LogP contribution is -2.37. The molecule has 0 amide bonds. The van der Waals surface area contributed by atoms with Crippen LogP contribution < -0.4 is 0 Å². The van der Waals surface area contributed by atoms with E-state index in [9.17, 15) is 20.1 Å². The average Bonchev–Trinajstić information content (AvgIpc) is 3.51. The molecule has 1 heterocycles. The molecule has 42 heavy (non-hydrogen) atoms. The first-order chi connectivity index (χ1) is 20.0. The molecule has 0 saturated heterocycles. The average molecular weight is 598 g/mol. The molecule has 4 saturated carbocycles. The van der Waals surface area contributed by atoms with Crippen LogP contribution in [0, 0.1) is 36.0 Å². The Bertz CT molecular complexity index is 1210. The maximum Gasteiger partial charge on any atom is 0.311 e. The number of carbonyl (C=O) groups excluding carboxylic acids is 1. The second kappa shape index (κ2) is 12.7. The van der Waals surface area contributed by atoms with E-state index in [1.165, 1.54) is 31.3 Å². The number of carbonyl (C=O) groups is 1. The predicted octanol–water partition coefficient (Wildman–Crippen LogP) is 6.58. The van der Waals surface area contributed by atoms with Crippen LogP contribution in [-0.2, 0) is 14.9 Å². The summed E-state index contributed by atoms with van der Waals surface area (Å²) in [6.07, 6.45) is 13.7. The van der Waals surface area contributed by atoms with Crippen molar-refractivity contribution in [1.29, 1.82) is 0 Å². The molecule has 1 aromatic rings. The van der Waals surface area contributed by atoms with Gasteiger partial charge in [-0.1, -0.05) is 38.2 Å². The zero-order chi connectivity index (χ0) is 30.2. The summed E-state index contributed by atoms with van der Waals surface area (Å²) in [6, 6.07) is 0. The van der Waals surface area contributed by atoms with Crippen LogP contribution in [0.15, 0.2) is 40.8 Å². The highest BCUT2D eigenvalue weighted by molar-refractivity contribution is 7.09. The lowest BCUT2D eigenvalue weighted by molar-refractivity contribution is -0.157. The van der Waals surface area contributed by atoms with Crippen molar-refractivity contribution < 1.29 is 24.9 Å². The Hall–Kier alpha value is -1.80. The van der Waals surface area contributed by atoms with Gasteiger partial charge in [0.05, 0.1) is 30.1 Å². The Morgan fingerprint density at radius 3 is 2.64 bits per heavy atom. The van der Waals surface area contributed by atoms with E-state index >= 15 is 0 Å². The fourth-order valence-corrected chi connectivity index (χ4v) is 9.57. The number of aromatic nitrogens is 1. The van der Waals surface area contributed by atoms with Crippen molar-refractivity contribution in [3.8, 4) is 0 Å². The van der Waals surface area contributed by atoms with Crippen LogP contribution in [0.25, 0.3) is 0 Å². The molecule has 4 aliphatic carbocycles. The molecule has 1 aromatic heterocycles. The van der Waals surface area contributed by atoms with Crippen molar-refractivity contribution in [2.24, 2.45) is 29.1 Å². The number of esters is 1. The van der Waals surface area contributed by atoms with Gasteiger partial charge in [-0.3, -0.25) is 4.79 Å². The van der Waals surface area contributed by atoms with Crippen LogP contribution >= 0.6 is 11.3 Å². The molecule has 0 aliphatic heterocycles. The van der Waals surface area contributed by atoms with Crippen molar-refractivity contribution in [1.82, 2.24) is 4.98 Å². The fraction of sp³-hybridized carbons (Fsp3) is 0.714. The van der Waals surface area contributed by atoms with Gasteiger partial charge in [-0.05, 0) is 112 Å². The number of rotatable bonds is 10. The first kappa shape index (κ1) is 31.6. The maximum atomic E-state index is 12.9. The van der Waals surface area contributed by atoms with Crippen LogP contribution in [0.1, 0.15) is 102 Å². The molecule has 6 nitrogen and oxygen atoms in total. The number of nitrogens with zero attached hydrogens (tertiary/aromatic N) is 1. The lowest BCUT2D eigenvalue weighted by Gasteiger charge is -2.44. The molecule has 0 aromatic carbocycles. The normalized spacial score (nSPS) is 34.7. The Morgan fingerprint density at radius 1 is 1.21 bits per heavy atom. The van der Waals surface area contributed by atoms with Gasteiger partial charge in [-0.15, -0.1) is 11.3 Å². The maximum absolute atomic E-state index is 12.9. The lowest BCUT2D eigenvalue weighted by atomic mass is 9.60. The molecule has 3 N–H and O–H groups in total. The number of hydrogen-bond donors (Lipinski definition) is 3. The SMILES string of the molecule is C=C1/C(=C\C=C2/CCC[C@]3(C)[C@@H]([C@H](C)CC[C@H](OC(=O)C(C)CO)C4(c5nc(C)cs5)CC4)CC[C@@H]23)C[C@@H](O)C[C@@H]1O. The molecule has 4 fully saturated rings. The van der Waals surface area contributed by atoms with Crippen molar-refractivity contribution >= 4 is 17.3 Å². The van der Waals surface area contributed by atoms with Crippen LogP contribution in [-0.4, -0.2) is 51.2 Å². The number of aliphatic hydroxyl groups excluding tert-OH is 3. The third kappa shape index (κ3) is 6.22. The van der Waals surface area contributed by atoms with Gasteiger partial charge in [0.25, 0.3) is 0 Å². The van der Waals surface area contributed by atoms with E-state index in [-0.39, 0.29) is 29.5 Å². The van der Waals surface area contributed by atoms with Gasteiger partial charge < -0.3 is 20.1 Å². The zero-order valence-corrected chi connectivity index (χ0v) is 26.8. The van der Waals surface area contributed by atoms with E-state index in [0.717, 1.165) is 54.0 Å². The molecule has 4 aliphatic rings. The number of ether oxygens (including phenoxy) is 1. The van der Waals surface area contributed by atoms with E-state index in [1.54, 1.807) is 18.3 Å². The van der Waals surface area contributed by atoms with Gasteiger partial charge in [0.15, 0.2) is 0 Å². The molecule has 7 heteroatoms. The van der Waals surface area contributed by atoms with Crippen molar-refractivity contribution in [2.75, 3.05) is 6.61 Å². The quantitative estimate of drug-likeness (QED) is 0.264. The number of fused-ring (bicyclic) bond motifs is 1. The highest BCUT2D eigenvalue weighted by Gasteiger charge is 2.56. The number of thiazole rings is 1. The number of allylic oxidation sites excluding steroid dienone is 3. The summed E-state index contributed by atoms with van der Waals surface area (Å²) < 4.78 is 6.18. The summed E-state index contributed by atoms with van der Waals surface area (Å²) in [5.41, 5.74) is 4.32. The topological polar surface area (TPSA) is 99.9 Å². The minimum Gasteiger partial charge on any atom is -0.461 e. The minimum absolute atomic E-state index is 0.176. The molecule has 0 radical (unpaired) electrons. The number of aryl methyl sites for hydroxylation is 1. The van der Waals surface area contributed by atoms with E-state index < -0.39 is 18.1 Å². The predicted molar refractivity (Wildman–Crippen MR) is 167 cm³/mol. The fourth-order valence-electron chi connectivity index (χ4n) is 8.46. The highest BCUT2D eigenvalue weighted by atomic mass is 32.1. The van der Waals surface area contributed by atoms with Crippen LogP contribution in [0.3, 0.4) is 0 Å². The Morgan fingerprint density at radius 2 is 1.98 bits per heavy atom. The smallest absolute Gasteiger partial charge is 0.311 e. The molecule has 0 bridgehead atoms. The first-order valence-corrected chi connectivity index (χ1v) is 17.1. The van der Waals surface area contributed by atoms with Gasteiger partial charge >= 0.3 is 5.97 Å². The minimum atomic E-state index is -0.656. The van der Waals surface area contributed by atoms with Crippen molar-refractivity contribution in [3.05, 3.63) is 51.5 Å². The van der Waals surface area contributed by atoms with E-state index in [4.69, 9.17) is 9.72 Å². The second-order valence-electron chi connectivity index (χ2n) is 14.2. The van der Waals surface area contributed by atoms with Gasteiger partial charge in [-0.25, -0.2) is 4.98 Å². The van der Waals surface area contributed by atoms with E-state index in [0.29, 0.717) is 30.6 Å². The van der Waals surface area contributed by atoms with Gasteiger partial charge in [0.1, 0.15) is 11.1 Å². The van der Waals surface area contributed by atoms with Crippen LogP contribution in [0.5, 0.6) is 0 Å². The standard InChI is InChI=1S/C35H51NO5S/c1-21(8-13-31(41-32(40)22(2)19-37)35(15-16-35)33-36-23(3)20-42-33)28-11-12-29-25(7-6-14-34(28,29)5)9-10-26-17-27(38)18-30(39)24(26)4/h9-10,20-22,27-31,37-39H,4,6-8,11-19H2,1-3,5H3/b25-9+,26-10-/t21-,22?,27-,28-,29+,30+,31+,34-/m1/s1. The van der Waals surface area contributed by atoms with Gasteiger partial charge in [-0.2, -0.15) is 0 Å². The summed E-state index contributed by atoms with van der Waals surface area (Å²) in [5.74, 6) is 0.838. The Kier molecular flexibility index (Phi) is 9.54. The summed E-state index contributed by atoms with van der Waals surface area (Å²) >= 11 is 1.68. The van der Waals surface area contributed by atoms with Gasteiger partial charge in [0, 0.05) is 17.5 Å². The molecule has 0 spiro atoms. The van der Waals surface area contributed by atoms with Crippen LogP contribution in [0.4, 0.5) is 0 Å². The molecule has 232 valence electrons. The van der Waals surface area contributed by atoms with E-state index in [1.807, 2.05) is 6.92 Å². The Balaban J connectivity index is 1.29. The molecule has 5 rings (SSSR count). The van der Waals surface area contributed by atoms with Crippen molar-refractivity contribution in [2.45, 2.75) is 122 Å². The largest absolute Gasteiger partial charge is 0.461 e. The molecular weight excluding hydrogens is 546 g/mol. The molecule has 8 atom stereocenters. The van der Waals surface area contributed by atoms with Crippen LogP contribution in [0.2, 0.25) is 0 Å². The first-order valence-electron chi connectivity index (χ1n) is 16.2. The molecule has 1 unspecified atom stereocenters.